The van der Waals surface area contributed by atoms with Crippen molar-refractivity contribution in [2.75, 3.05) is 35.8 Å². The van der Waals surface area contributed by atoms with Crippen molar-refractivity contribution in [3.63, 3.8) is 0 Å². The van der Waals surface area contributed by atoms with Crippen LogP contribution in [0.2, 0.25) is 10.0 Å². The van der Waals surface area contributed by atoms with Gasteiger partial charge in [0.2, 0.25) is 0 Å². The van der Waals surface area contributed by atoms with Crippen molar-refractivity contribution in [2.45, 2.75) is 18.7 Å². The number of amides is 1. The number of nitrogens with zero attached hydrogens (tertiary/aromatic N) is 2. The first-order chi connectivity index (χ1) is 16.1. The van der Waals surface area contributed by atoms with Crippen LogP contribution in [0.3, 0.4) is 0 Å². The van der Waals surface area contributed by atoms with Gasteiger partial charge < -0.3 is 9.80 Å². The third-order valence-electron chi connectivity index (χ3n) is 5.83. The van der Waals surface area contributed by atoms with Gasteiger partial charge >= 0.3 is 0 Å². The van der Waals surface area contributed by atoms with Crippen LogP contribution in [0.15, 0.2) is 65.6 Å². The van der Waals surface area contributed by atoms with Crippen molar-refractivity contribution >= 4 is 50.5 Å². The molecule has 6 nitrogen and oxygen atoms in total. The lowest BCUT2D eigenvalue weighted by molar-refractivity contribution is 0.0746. The molecule has 0 unspecified atom stereocenters. The second-order valence-corrected chi connectivity index (χ2v) is 10.8. The van der Waals surface area contributed by atoms with Gasteiger partial charge in [-0.1, -0.05) is 47.0 Å². The van der Waals surface area contributed by atoms with Gasteiger partial charge in [-0.25, -0.2) is 8.42 Å². The molecule has 0 aliphatic carbocycles. The Balaban J connectivity index is 1.51. The minimum Gasteiger partial charge on any atom is -0.368 e. The van der Waals surface area contributed by atoms with Gasteiger partial charge in [-0.15, -0.1) is 0 Å². The fourth-order valence-electron chi connectivity index (χ4n) is 3.99. The lowest BCUT2D eigenvalue weighted by atomic mass is 10.1. The number of anilines is 2. The summed E-state index contributed by atoms with van der Waals surface area (Å²) in [6, 6.07) is 17.4. The molecular weight excluding hydrogens is 493 g/mol. The van der Waals surface area contributed by atoms with E-state index in [4.69, 9.17) is 23.2 Å². The highest BCUT2D eigenvalue weighted by Crippen LogP contribution is 2.28. The number of hydrogen-bond acceptors (Lipinski definition) is 4. The second kappa shape index (κ2) is 9.86. The fourth-order valence-corrected chi connectivity index (χ4v) is 5.84. The Morgan fingerprint density at radius 1 is 0.912 bits per heavy atom. The van der Waals surface area contributed by atoms with E-state index in [-0.39, 0.29) is 21.4 Å². The molecule has 3 aromatic carbocycles. The van der Waals surface area contributed by atoms with Crippen LogP contribution in [0.5, 0.6) is 0 Å². The van der Waals surface area contributed by atoms with E-state index >= 15 is 0 Å². The van der Waals surface area contributed by atoms with Crippen molar-refractivity contribution in [3.8, 4) is 0 Å². The van der Waals surface area contributed by atoms with Gasteiger partial charge in [0.05, 0.1) is 10.7 Å². The van der Waals surface area contributed by atoms with Gasteiger partial charge in [0.15, 0.2) is 0 Å². The van der Waals surface area contributed by atoms with Crippen LogP contribution in [-0.2, 0) is 10.0 Å². The standard InChI is InChI=1S/C25H25Cl2N3O3S/c1-17-6-9-23(18(2)14-17)28-34(32,33)24-15-19(7-8-22(24)27)25(31)30-12-10-29(11-13-30)21-5-3-4-20(26)16-21/h3-9,14-16,28H,10-13H2,1-2H3. The Morgan fingerprint density at radius 3 is 2.32 bits per heavy atom. The summed E-state index contributed by atoms with van der Waals surface area (Å²) in [5.74, 6) is -0.231. The van der Waals surface area contributed by atoms with E-state index in [0.29, 0.717) is 36.9 Å². The number of rotatable bonds is 5. The second-order valence-electron chi connectivity index (χ2n) is 8.33. The number of carbonyl (C=O) groups is 1. The molecule has 178 valence electrons. The van der Waals surface area contributed by atoms with Gasteiger partial charge in [-0.05, 0) is 61.9 Å². The van der Waals surface area contributed by atoms with Crippen LogP contribution in [0.25, 0.3) is 0 Å². The topological polar surface area (TPSA) is 69.7 Å². The summed E-state index contributed by atoms with van der Waals surface area (Å²) in [4.78, 5) is 16.9. The molecule has 4 rings (SSSR count). The van der Waals surface area contributed by atoms with Crippen LogP contribution < -0.4 is 9.62 Å². The normalized spacial score (nSPS) is 14.2. The predicted octanol–water partition coefficient (Wildman–Crippen LogP) is 5.37. The number of piperazine rings is 1. The molecule has 0 radical (unpaired) electrons. The van der Waals surface area contributed by atoms with E-state index in [1.54, 1.807) is 17.0 Å². The van der Waals surface area contributed by atoms with Gasteiger partial charge in [0.25, 0.3) is 15.9 Å². The van der Waals surface area contributed by atoms with Crippen LogP contribution >= 0.6 is 23.2 Å². The zero-order chi connectivity index (χ0) is 24.5. The van der Waals surface area contributed by atoms with E-state index < -0.39 is 10.0 Å². The average Bonchev–Trinajstić information content (AvgIpc) is 2.81. The summed E-state index contributed by atoms with van der Waals surface area (Å²) in [6.07, 6.45) is 0. The Hall–Kier alpha value is -2.74. The van der Waals surface area contributed by atoms with E-state index in [9.17, 15) is 13.2 Å². The molecule has 34 heavy (non-hydrogen) atoms. The molecule has 1 fully saturated rings. The number of carbonyl (C=O) groups excluding carboxylic acids is 1. The SMILES string of the molecule is Cc1ccc(NS(=O)(=O)c2cc(C(=O)N3CCN(c4cccc(Cl)c4)CC3)ccc2Cl)c(C)c1. The number of benzene rings is 3. The van der Waals surface area contributed by atoms with Gasteiger partial charge in [-0.2, -0.15) is 0 Å². The number of nitrogens with one attached hydrogen (secondary N) is 1. The third kappa shape index (κ3) is 5.32. The minimum atomic E-state index is -3.99. The average molecular weight is 518 g/mol. The van der Waals surface area contributed by atoms with Gasteiger partial charge in [0.1, 0.15) is 4.90 Å². The summed E-state index contributed by atoms with van der Waals surface area (Å²) in [7, 11) is -3.99. The van der Waals surface area contributed by atoms with Crippen molar-refractivity contribution in [2.24, 2.45) is 0 Å². The molecule has 0 bridgehead atoms. The predicted molar refractivity (Wildman–Crippen MR) is 138 cm³/mol. The van der Waals surface area contributed by atoms with Crippen LogP contribution in [0.4, 0.5) is 11.4 Å². The maximum atomic E-state index is 13.2. The van der Waals surface area contributed by atoms with E-state index in [0.717, 1.165) is 16.8 Å². The number of aryl methyl sites for hydroxylation is 2. The Morgan fingerprint density at radius 2 is 1.65 bits per heavy atom. The van der Waals surface area contributed by atoms with E-state index in [1.165, 1.54) is 12.1 Å². The summed E-state index contributed by atoms with van der Waals surface area (Å²) in [5.41, 5.74) is 3.58. The van der Waals surface area contributed by atoms with Gasteiger partial charge in [-0.3, -0.25) is 9.52 Å². The molecule has 0 saturated carbocycles. The minimum absolute atomic E-state index is 0.0552. The summed E-state index contributed by atoms with van der Waals surface area (Å²) in [5, 5.41) is 0.722. The number of sulfonamides is 1. The molecule has 0 spiro atoms. The summed E-state index contributed by atoms with van der Waals surface area (Å²) >= 11 is 12.3. The van der Waals surface area contributed by atoms with Crippen molar-refractivity contribution in [1.82, 2.24) is 4.90 Å². The van der Waals surface area contributed by atoms with Crippen LogP contribution in [-0.4, -0.2) is 45.4 Å². The Bertz CT molecular complexity index is 1340. The monoisotopic (exact) mass is 517 g/mol. The molecule has 9 heteroatoms. The zero-order valence-electron chi connectivity index (χ0n) is 18.9. The molecule has 0 aromatic heterocycles. The first-order valence-corrected chi connectivity index (χ1v) is 13.1. The number of halogens is 2. The number of hydrogen-bond donors (Lipinski definition) is 1. The van der Waals surface area contributed by atoms with E-state index in [2.05, 4.69) is 9.62 Å². The molecule has 1 aliphatic heterocycles. The largest absolute Gasteiger partial charge is 0.368 e. The lowest BCUT2D eigenvalue weighted by Crippen LogP contribution is -2.48. The smallest absolute Gasteiger partial charge is 0.263 e. The highest BCUT2D eigenvalue weighted by Gasteiger charge is 2.25. The maximum absolute atomic E-state index is 13.2. The maximum Gasteiger partial charge on any atom is 0.263 e. The molecule has 1 amide bonds. The van der Waals surface area contributed by atoms with Crippen molar-refractivity contribution in [1.29, 1.82) is 0 Å². The van der Waals surface area contributed by atoms with Crippen molar-refractivity contribution in [3.05, 3.63) is 87.4 Å². The Labute approximate surface area is 210 Å². The first kappa shape index (κ1) is 24.4. The zero-order valence-corrected chi connectivity index (χ0v) is 21.2. The molecule has 1 N–H and O–H groups in total. The lowest BCUT2D eigenvalue weighted by Gasteiger charge is -2.36. The van der Waals surface area contributed by atoms with Gasteiger partial charge in [0, 0.05) is 42.5 Å². The molecule has 1 aliphatic rings. The summed E-state index contributed by atoms with van der Waals surface area (Å²) < 4.78 is 28.8. The third-order valence-corrected chi connectivity index (χ3v) is 7.92. The quantitative estimate of drug-likeness (QED) is 0.493. The molecule has 3 aromatic rings. The Kier molecular flexibility index (Phi) is 7.07. The highest BCUT2D eigenvalue weighted by atomic mass is 35.5. The van der Waals surface area contributed by atoms with E-state index in [1.807, 2.05) is 50.2 Å². The van der Waals surface area contributed by atoms with Crippen molar-refractivity contribution < 1.29 is 13.2 Å². The van der Waals surface area contributed by atoms with Crippen LogP contribution in [0, 0.1) is 13.8 Å². The molecule has 1 saturated heterocycles. The molecule has 1 heterocycles. The molecule has 0 atom stereocenters. The molecular formula is C25H25Cl2N3O3S. The summed E-state index contributed by atoms with van der Waals surface area (Å²) in [6.45, 7) is 6.09. The first-order valence-electron chi connectivity index (χ1n) is 10.8. The van der Waals surface area contributed by atoms with Crippen LogP contribution in [0.1, 0.15) is 21.5 Å². The fraction of sp³-hybridized carbons (Fsp3) is 0.240. The highest BCUT2D eigenvalue weighted by molar-refractivity contribution is 7.92.